The summed E-state index contributed by atoms with van der Waals surface area (Å²) in [5, 5.41) is 2.73. The standard InChI is InChI=1S/C18H23FN4O/c1-4-16-20-11(2)17(22-16)12-9-23(3)10-13(12)18(24)21-15-8-6-5-7-14(15)19/h5-8,12-13H,4,9-10H2,1-3H3,(H,20,22)(H,21,24)/t12-,13-/m1/s1. The number of likely N-dealkylation sites (N-methyl/N-ethyl adjacent to an activating group) is 1. The fraction of sp³-hybridized carbons (Fsp3) is 0.444. The molecule has 0 saturated carbocycles. The van der Waals surface area contributed by atoms with Gasteiger partial charge in [0, 0.05) is 31.1 Å². The summed E-state index contributed by atoms with van der Waals surface area (Å²) in [6, 6.07) is 6.24. The lowest BCUT2D eigenvalue weighted by Crippen LogP contribution is -2.29. The second kappa shape index (κ2) is 6.73. The number of imidazole rings is 1. The number of aryl methyl sites for hydroxylation is 2. The number of anilines is 1. The van der Waals surface area contributed by atoms with E-state index in [2.05, 4.69) is 20.2 Å². The monoisotopic (exact) mass is 330 g/mol. The Kier molecular flexibility index (Phi) is 4.66. The molecular formula is C18H23FN4O. The highest BCUT2D eigenvalue weighted by atomic mass is 19.1. The van der Waals surface area contributed by atoms with Crippen LogP contribution in [0.15, 0.2) is 24.3 Å². The molecular weight excluding hydrogens is 307 g/mol. The second-order valence-corrected chi connectivity index (χ2v) is 6.45. The first-order chi connectivity index (χ1) is 11.5. The first kappa shape index (κ1) is 16.6. The molecule has 0 aliphatic carbocycles. The summed E-state index contributed by atoms with van der Waals surface area (Å²) in [6.45, 7) is 5.44. The first-order valence-electron chi connectivity index (χ1n) is 8.29. The Labute approximate surface area is 141 Å². The van der Waals surface area contributed by atoms with E-state index in [1.807, 2.05) is 20.9 Å². The molecule has 128 valence electrons. The minimum Gasteiger partial charge on any atom is -0.346 e. The van der Waals surface area contributed by atoms with Crippen LogP contribution in [0.1, 0.15) is 30.1 Å². The van der Waals surface area contributed by atoms with Crippen molar-refractivity contribution in [2.45, 2.75) is 26.2 Å². The molecule has 6 heteroatoms. The van der Waals surface area contributed by atoms with E-state index in [1.54, 1.807) is 18.2 Å². The Morgan fingerprint density at radius 3 is 2.83 bits per heavy atom. The molecule has 1 fully saturated rings. The van der Waals surface area contributed by atoms with Crippen LogP contribution >= 0.6 is 0 Å². The third-order valence-corrected chi connectivity index (χ3v) is 4.63. The minimum absolute atomic E-state index is 0.0123. The summed E-state index contributed by atoms with van der Waals surface area (Å²) >= 11 is 0. The molecule has 1 saturated heterocycles. The Bertz CT molecular complexity index is 742. The van der Waals surface area contributed by atoms with Crippen LogP contribution in [-0.4, -0.2) is 40.9 Å². The van der Waals surface area contributed by atoms with Crippen molar-refractivity contribution < 1.29 is 9.18 Å². The number of rotatable bonds is 4. The van der Waals surface area contributed by atoms with Crippen molar-refractivity contribution in [2.24, 2.45) is 5.92 Å². The molecule has 0 bridgehead atoms. The summed E-state index contributed by atoms with van der Waals surface area (Å²) < 4.78 is 13.8. The number of hydrogen-bond donors (Lipinski definition) is 2. The SMILES string of the molecule is CCc1nc([C@@H]2CN(C)C[C@H]2C(=O)Nc2ccccc2F)c(C)[nH]1. The van der Waals surface area contributed by atoms with E-state index in [4.69, 9.17) is 0 Å². The molecule has 1 aromatic carbocycles. The number of aromatic amines is 1. The van der Waals surface area contributed by atoms with E-state index in [-0.39, 0.29) is 23.4 Å². The molecule has 2 heterocycles. The predicted molar refractivity (Wildman–Crippen MR) is 91.5 cm³/mol. The van der Waals surface area contributed by atoms with Crippen molar-refractivity contribution in [1.82, 2.24) is 14.9 Å². The van der Waals surface area contributed by atoms with Crippen molar-refractivity contribution in [3.63, 3.8) is 0 Å². The van der Waals surface area contributed by atoms with Gasteiger partial charge in [-0.15, -0.1) is 0 Å². The average Bonchev–Trinajstić information content (AvgIpc) is 3.12. The average molecular weight is 330 g/mol. The van der Waals surface area contributed by atoms with Gasteiger partial charge in [-0.1, -0.05) is 19.1 Å². The van der Waals surface area contributed by atoms with Gasteiger partial charge in [0.15, 0.2) is 0 Å². The molecule has 1 aliphatic heterocycles. The normalized spacial score (nSPS) is 21.2. The summed E-state index contributed by atoms with van der Waals surface area (Å²) in [6.07, 6.45) is 0.829. The van der Waals surface area contributed by atoms with Gasteiger partial charge in [0.05, 0.1) is 17.3 Å². The summed E-state index contributed by atoms with van der Waals surface area (Å²) in [5.41, 5.74) is 2.18. The molecule has 1 aliphatic rings. The smallest absolute Gasteiger partial charge is 0.229 e. The third kappa shape index (κ3) is 3.19. The number of benzene rings is 1. The van der Waals surface area contributed by atoms with Gasteiger partial charge in [0.2, 0.25) is 5.91 Å². The zero-order valence-electron chi connectivity index (χ0n) is 14.3. The number of hydrogen-bond acceptors (Lipinski definition) is 3. The maximum absolute atomic E-state index is 13.8. The number of carbonyl (C=O) groups excluding carboxylic acids is 1. The lowest BCUT2D eigenvalue weighted by Gasteiger charge is -2.17. The van der Waals surface area contributed by atoms with Gasteiger partial charge in [0.1, 0.15) is 11.6 Å². The van der Waals surface area contributed by atoms with Crippen LogP contribution in [-0.2, 0) is 11.2 Å². The van der Waals surface area contributed by atoms with Gasteiger partial charge in [-0.25, -0.2) is 9.37 Å². The van der Waals surface area contributed by atoms with Crippen LogP contribution in [0.3, 0.4) is 0 Å². The highest BCUT2D eigenvalue weighted by molar-refractivity contribution is 5.93. The minimum atomic E-state index is -0.419. The van der Waals surface area contributed by atoms with E-state index < -0.39 is 5.82 Å². The number of para-hydroxylation sites is 1. The van der Waals surface area contributed by atoms with Crippen molar-refractivity contribution in [1.29, 1.82) is 0 Å². The zero-order valence-corrected chi connectivity index (χ0v) is 14.3. The lowest BCUT2D eigenvalue weighted by atomic mass is 9.91. The number of likely N-dealkylation sites (tertiary alicyclic amines) is 1. The maximum atomic E-state index is 13.8. The topological polar surface area (TPSA) is 61.0 Å². The van der Waals surface area contributed by atoms with Crippen LogP contribution in [0.2, 0.25) is 0 Å². The summed E-state index contributed by atoms with van der Waals surface area (Å²) in [4.78, 5) is 22.8. The van der Waals surface area contributed by atoms with E-state index in [0.717, 1.165) is 30.2 Å². The van der Waals surface area contributed by atoms with Crippen molar-refractivity contribution in [2.75, 3.05) is 25.5 Å². The summed E-state index contributed by atoms with van der Waals surface area (Å²) in [5.74, 6) is 0.123. The number of amides is 1. The van der Waals surface area contributed by atoms with Gasteiger partial charge >= 0.3 is 0 Å². The molecule has 0 unspecified atom stereocenters. The van der Waals surface area contributed by atoms with E-state index in [1.165, 1.54) is 6.07 Å². The van der Waals surface area contributed by atoms with Crippen LogP contribution in [0.4, 0.5) is 10.1 Å². The van der Waals surface area contributed by atoms with Crippen molar-refractivity contribution in [3.05, 3.63) is 47.3 Å². The Balaban J connectivity index is 1.83. The molecule has 2 atom stereocenters. The molecule has 1 amide bonds. The first-order valence-corrected chi connectivity index (χ1v) is 8.29. The maximum Gasteiger partial charge on any atom is 0.229 e. The van der Waals surface area contributed by atoms with Crippen molar-refractivity contribution >= 4 is 11.6 Å². The van der Waals surface area contributed by atoms with Gasteiger partial charge < -0.3 is 15.2 Å². The fourth-order valence-electron chi connectivity index (χ4n) is 3.40. The molecule has 3 rings (SSSR count). The number of carbonyl (C=O) groups is 1. The number of halogens is 1. The van der Waals surface area contributed by atoms with Crippen LogP contribution < -0.4 is 5.32 Å². The highest BCUT2D eigenvalue weighted by Gasteiger charge is 2.39. The van der Waals surface area contributed by atoms with E-state index in [9.17, 15) is 9.18 Å². The molecule has 5 nitrogen and oxygen atoms in total. The van der Waals surface area contributed by atoms with Crippen molar-refractivity contribution in [3.8, 4) is 0 Å². The molecule has 0 radical (unpaired) electrons. The second-order valence-electron chi connectivity index (χ2n) is 6.45. The van der Waals surface area contributed by atoms with E-state index >= 15 is 0 Å². The Morgan fingerprint density at radius 1 is 1.42 bits per heavy atom. The largest absolute Gasteiger partial charge is 0.346 e. The van der Waals surface area contributed by atoms with Crippen LogP contribution in [0.5, 0.6) is 0 Å². The van der Waals surface area contributed by atoms with Gasteiger partial charge in [-0.3, -0.25) is 4.79 Å². The number of nitrogens with one attached hydrogen (secondary N) is 2. The van der Waals surface area contributed by atoms with Gasteiger partial charge in [-0.2, -0.15) is 0 Å². The van der Waals surface area contributed by atoms with Crippen LogP contribution in [0, 0.1) is 18.7 Å². The lowest BCUT2D eigenvalue weighted by molar-refractivity contribution is -0.119. The molecule has 2 N–H and O–H groups in total. The summed E-state index contributed by atoms with van der Waals surface area (Å²) in [7, 11) is 1.99. The number of H-pyrrole nitrogens is 1. The Hall–Kier alpha value is -2.21. The van der Waals surface area contributed by atoms with Crippen LogP contribution in [0.25, 0.3) is 0 Å². The zero-order chi connectivity index (χ0) is 17.3. The van der Waals surface area contributed by atoms with Gasteiger partial charge in [0.25, 0.3) is 0 Å². The molecule has 1 aromatic heterocycles. The molecule has 2 aromatic rings. The number of nitrogens with zero attached hydrogens (tertiary/aromatic N) is 2. The highest BCUT2D eigenvalue weighted by Crippen LogP contribution is 2.33. The quantitative estimate of drug-likeness (QED) is 0.906. The van der Waals surface area contributed by atoms with Gasteiger partial charge in [-0.05, 0) is 26.1 Å². The fourth-order valence-corrected chi connectivity index (χ4v) is 3.40. The third-order valence-electron chi connectivity index (χ3n) is 4.63. The predicted octanol–water partition coefficient (Wildman–Crippen LogP) is 2.70. The molecule has 0 spiro atoms. The number of aromatic nitrogens is 2. The Morgan fingerprint density at radius 2 is 2.17 bits per heavy atom. The van der Waals surface area contributed by atoms with E-state index in [0.29, 0.717) is 6.54 Å². The molecule has 24 heavy (non-hydrogen) atoms.